The number of hydrogen-bond donors (Lipinski definition) is 1. The maximum absolute atomic E-state index is 11.8. The van der Waals surface area contributed by atoms with Gasteiger partial charge in [-0.15, -0.1) is 0 Å². The third-order valence-electron chi connectivity index (χ3n) is 3.36. The highest BCUT2D eigenvalue weighted by molar-refractivity contribution is 9.10. The van der Waals surface area contributed by atoms with Gasteiger partial charge < -0.3 is 10.1 Å². The fourth-order valence-electron chi connectivity index (χ4n) is 2.21. The molecular weight excluding hydrogens is 326 g/mol. The third kappa shape index (κ3) is 3.66. The van der Waals surface area contributed by atoms with Crippen LogP contribution in [0.5, 0.6) is 0 Å². The van der Waals surface area contributed by atoms with Gasteiger partial charge in [-0.3, -0.25) is 0 Å². The number of carbonyl (C=O) groups excluding carboxylic acids is 1. The van der Waals surface area contributed by atoms with E-state index in [0.29, 0.717) is 11.6 Å². The molecule has 1 aromatic carbocycles. The van der Waals surface area contributed by atoms with Gasteiger partial charge in [0.05, 0.1) is 12.7 Å². The number of rotatable bonds is 3. The summed E-state index contributed by atoms with van der Waals surface area (Å²) in [4.78, 5) is 11.8. The standard InChI is InChI=1S/C14H18BrNO2S/c1-9-12(14(17)18-2)7-10(15)8-13(9)16-11-3-5-19-6-4-11/h7-8,11,16H,3-6H2,1-2H3. The van der Waals surface area contributed by atoms with Gasteiger partial charge in [0.25, 0.3) is 0 Å². The summed E-state index contributed by atoms with van der Waals surface area (Å²) in [5.41, 5.74) is 2.59. The lowest BCUT2D eigenvalue weighted by Gasteiger charge is -2.25. The molecule has 1 fully saturated rings. The molecule has 0 unspecified atom stereocenters. The van der Waals surface area contributed by atoms with Crippen LogP contribution in [0, 0.1) is 6.92 Å². The molecule has 1 aliphatic heterocycles. The van der Waals surface area contributed by atoms with Crippen molar-refractivity contribution in [1.82, 2.24) is 0 Å². The van der Waals surface area contributed by atoms with Crippen molar-refractivity contribution in [1.29, 1.82) is 0 Å². The Balaban J connectivity index is 2.24. The molecule has 0 radical (unpaired) electrons. The predicted molar refractivity (Wildman–Crippen MR) is 84.2 cm³/mol. The molecule has 0 bridgehead atoms. The van der Waals surface area contributed by atoms with Crippen LogP contribution in [0.2, 0.25) is 0 Å². The normalized spacial score (nSPS) is 16.2. The van der Waals surface area contributed by atoms with Crippen LogP contribution in [0.4, 0.5) is 5.69 Å². The topological polar surface area (TPSA) is 38.3 Å². The second-order valence-corrected chi connectivity index (χ2v) is 6.79. The first-order valence-electron chi connectivity index (χ1n) is 6.34. The smallest absolute Gasteiger partial charge is 0.338 e. The van der Waals surface area contributed by atoms with E-state index in [1.54, 1.807) is 0 Å². The number of nitrogens with one attached hydrogen (secondary N) is 1. The molecule has 2 rings (SSSR count). The Morgan fingerprint density at radius 1 is 1.42 bits per heavy atom. The molecule has 0 aromatic heterocycles. The highest BCUT2D eigenvalue weighted by Crippen LogP contribution is 2.28. The summed E-state index contributed by atoms with van der Waals surface area (Å²) in [6, 6.07) is 4.34. The van der Waals surface area contributed by atoms with Gasteiger partial charge in [-0.05, 0) is 49.0 Å². The molecule has 0 aliphatic carbocycles. The van der Waals surface area contributed by atoms with Crippen LogP contribution >= 0.6 is 27.7 Å². The summed E-state index contributed by atoms with van der Waals surface area (Å²) in [5, 5.41) is 3.56. The van der Waals surface area contributed by atoms with E-state index in [1.807, 2.05) is 30.8 Å². The van der Waals surface area contributed by atoms with Crippen molar-refractivity contribution in [3.8, 4) is 0 Å². The third-order valence-corrected chi connectivity index (χ3v) is 4.87. The Kier molecular flexibility index (Phi) is 5.16. The monoisotopic (exact) mass is 343 g/mol. The van der Waals surface area contributed by atoms with Crippen LogP contribution in [-0.2, 0) is 4.74 Å². The highest BCUT2D eigenvalue weighted by atomic mass is 79.9. The number of anilines is 1. The van der Waals surface area contributed by atoms with Gasteiger partial charge >= 0.3 is 5.97 Å². The van der Waals surface area contributed by atoms with Crippen molar-refractivity contribution in [3.63, 3.8) is 0 Å². The highest BCUT2D eigenvalue weighted by Gasteiger charge is 2.18. The van der Waals surface area contributed by atoms with Crippen molar-refractivity contribution in [2.45, 2.75) is 25.8 Å². The molecule has 0 atom stereocenters. The first-order chi connectivity index (χ1) is 9.11. The molecule has 19 heavy (non-hydrogen) atoms. The summed E-state index contributed by atoms with van der Waals surface area (Å²) in [7, 11) is 1.41. The Morgan fingerprint density at radius 2 is 2.11 bits per heavy atom. The fraction of sp³-hybridized carbons (Fsp3) is 0.500. The van der Waals surface area contributed by atoms with Crippen molar-refractivity contribution in [3.05, 3.63) is 27.7 Å². The number of methoxy groups -OCH3 is 1. The molecule has 1 heterocycles. The molecule has 1 aliphatic rings. The minimum Gasteiger partial charge on any atom is -0.465 e. The Hall–Kier alpha value is -0.680. The van der Waals surface area contributed by atoms with Gasteiger partial charge in [0.2, 0.25) is 0 Å². The molecule has 0 amide bonds. The van der Waals surface area contributed by atoms with Gasteiger partial charge in [-0.1, -0.05) is 15.9 Å². The molecule has 104 valence electrons. The lowest BCUT2D eigenvalue weighted by Crippen LogP contribution is -2.25. The second-order valence-electron chi connectivity index (χ2n) is 4.65. The van der Waals surface area contributed by atoms with Crippen molar-refractivity contribution < 1.29 is 9.53 Å². The van der Waals surface area contributed by atoms with Crippen LogP contribution in [0.1, 0.15) is 28.8 Å². The fourth-order valence-corrected chi connectivity index (χ4v) is 3.78. The Morgan fingerprint density at radius 3 is 2.74 bits per heavy atom. The number of carbonyl (C=O) groups is 1. The number of halogens is 1. The SMILES string of the molecule is COC(=O)c1cc(Br)cc(NC2CCSCC2)c1C. The van der Waals surface area contributed by atoms with E-state index in [0.717, 1.165) is 15.7 Å². The van der Waals surface area contributed by atoms with Gasteiger partial charge in [0.1, 0.15) is 0 Å². The minimum atomic E-state index is -0.291. The zero-order valence-corrected chi connectivity index (χ0v) is 13.6. The molecular formula is C14H18BrNO2S. The number of thioether (sulfide) groups is 1. The first kappa shape index (κ1) is 14.7. The zero-order valence-electron chi connectivity index (χ0n) is 11.2. The van der Waals surface area contributed by atoms with E-state index in [1.165, 1.54) is 31.5 Å². The van der Waals surface area contributed by atoms with Crippen molar-refractivity contribution in [2.75, 3.05) is 23.9 Å². The number of ether oxygens (including phenoxy) is 1. The average Bonchev–Trinajstić information content (AvgIpc) is 2.42. The van der Waals surface area contributed by atoms with E-state index >= 15 is 0 Å². The summed E-state index contributed by atoms with van der Waals surface area (Å²) < 4.78 is 5.72. The molecule has 5 heteroatoms. The maximum Gasteiger partial charge on any atom is 0.338 e. The van der Waals surface area contributed by atoms with E-state index in [2.05, 4.69) is 21.2 Å². The van der Waals surface area contributed by atoms with Gasteiger partial charge in [0.15, 0.2) is 0 Å². The summed E-state index contributed by atoms with van der Waals surface area (Å²) >= 11 is 5.46. The largest absolute Gasteiger partial charge is 0.465 e. The van der Waals surface area contributed by atoms with E-state index < -0.39 is 0 Å². The predicted octanol–water partition coefficient (Wildman–Crippen LogP) is 3.85. The van der Waals surface area contributed by atoms with Crippen LogP contribution in [0.15, 0.2) is 16.6 Å². The van der Waals surface area contributed by atoms with Gasteiger partial charge in [-0.25, -0.2) is 4.79 Å². The second kappa shape index (κ2) is 6.66. The Labute approximate surface area is 126 Å². The lowest BCUT2D eigenvalue weighted by molar-refractivity contribution is 0.0600. The zero-order chi connectivity index (χ0) is 13.8. The Bertz CT molecular complexity index is 473. The molecule has 3 nitrogen and oxygen atoms in total. The van der Waals surface area contributed by atoms with Crippen LogP contribution in [0.3, 0.4) is 0 Å². The van der Waals surface area contributed by atoms with Gasteiger partial charge in [0, 0.05) is 16.2 Å². The number of benzene rings is 1. The average molecular weight is 344 g/mol. The number of esters is 1. The lowest BCUT2D eigenvalue weighted by atomic mass is 10.0. The van der Waals surface area contributed by atoms with Crippen LogP contribution in [0.25, 0.3) is 0 Å². The van der Waals surface area contributed by atoms with Crippen LogP contribution in [-0.4, -0.2) is 30.6 Å². The quantitative estimate of drug-likeness (QED) is 0.846. The number of hydrogen-bond acceptors (Lipinski definition) is 4. The maximum atomic E-state index is 11.8. The van der Waals surface area contributed by atoms with Gasteiger partial charge in [-0.2, -0.15) is 11.8 Å². The summed E-state index contributed by atoms with van der Waals surface area (Å²) in [6.45, 7) is 1.96. The summed E-state index contributed by atoms with van der Waals surface area (Å²) in [6.07, 6.45) is 2.34. The molecule has 1 N–H and O–H groups in total. The molecule has 0 saturated carbocycles. The van der Waals surface area contributed by atoms with Crippen molar-refractivity contribution in [2.24, 2.45) is 0 Å². The van der Waals surface area contributed by atoms with E-state index in [9.17, 15) is 4.79 Å². The summed E-state index contributed by atoms with van der Waals surface area (Å²) in [5.74, 6) is 2.12. The first-order valence-corrected chi connectivity index (χ1v) is 8.29. The van der Waals surface area contributed by atoms with Crippen LogP contribution < -0.4 is 5.32 Å². The molecule has 1 aromatic rings. The van der Waals surface area contributed by atoms with E-state index in [-0.39, 0.29) is 5.97 Å². The van der Waals surface area contributed by atoms with Crippen molar-refractivity contribution >= 4 is 39.3 Å². The molecule has 0 spiro atoms. The minimum absolute atomic E-state index is 0.291. The van der Waals surface area contributed by atoms with E-state index in [4.69, 9.17) is 4.74 Å². The molecule has 1 saturated heterocycles.